The summed E-state index contributed by atoms with van der Waals surface area (Å²) in [5.74, 6) is 0.398. The number of rotatable bonds is 7. The van der Waals surface area contributed by atoms with Gasteiger partial charge < -0.3 is 19.5 Å². The van der Waals surface area contributed by atoms with Crippen molar-refractivity contribution in [2.45, 2.75) is 20.1 Å². The van der Waals surface area contributed by atoms with Crippen molar-refractivity contribution in [2.75, 3.05) is 26.9 Å². The Balaban J connectivity index is 2.01. The Morgan fingerprint density at radius 2 is 2.15 bits per heavy atom. The molecule has 1 aliphatic rings. The van der Waals surface area contributed by atoms with Crippen LogP contribution in [-0.2, 0) is 11.3 Å². The van der Waals surface area contributed by atoms with Crippen LogP contribution in [-0.4, -0.2) is 33.5 Å². The summed E-state index contributed by atoms with van der Waals surface area (Å²) in [7, 11) is 1.43. The third kappa shape index (κ3) is 3.58. The Bertz CT molecular complexity index is 450. The first-order valence-electron chi connectivity index (χ1n) is 6.43. The Morgan fingerprint density at radius 3 is 2.70 bits per heavy atom. The van der Waals surface area contributed by atoms with E-state index in [0.717, 1.165) is 19.8 Å². The summed E-state index contributed by atoms with van der Waals surface area (Å²) in [5.41, 5.74) is 0.774. The van der Waals surface area contributed by atoms with Gasteiger partial charge in [0.15, 0.2) is 11.5 Å². The summed E-state index contributed by atoms with van der Waals surface area (Å²) >= 11 is 0. The molecule has 4 nitrogen and oxygen atoms in total. The highest BCUT2D eigenvalue weighted by Crippen LogP contribution is 2.32. The maximum absolute atomic E-state index is 12.5. The normalized spacial score (nSPS) is 16.9. The molecule has 1 heterocycles. The van der Waals surface area contributed by atoms with Crippen molar-refractivity contribution in [3.8, 4) is 11.5 Å². The van der Waals surface area contributed by atoms with E-state index in [1.165, 1.54) is 7.11 Å². The van der Waals surface area contributed by atoms with Crippen LogP contribution >= 0.6 is 0 Å². The molecule has 6 heteroatoms. The van der Waals surface area contributed by atoms with Crippen molar-refractivity contribution in [1.29, 1.82) is 0 Å². The first-order valence-corrected chi connectivity index (χ1v) is 6.43. The predicted molar refractivity (Wildman–Crippen MR) is 70.3 cm³/mol. The highest BCUT2D eigenvalue weighted by Gasteiger charge is 2.32. The molecule has 1 aromatic carbocycles. The van der Waals surface area contributed by atoms with Crippen LogP contribution in [0.4, 0.5) is 8.78 Å². The number of halogens is 2. The van der Waals surface area contributed by atoms with E-state index in [0.29, 0.717) is 17.9 Å². The highest BCUT2D eigenvalue weighted by molar-refractivity contribution is 5.46. The first-order chi connectivity index (χ1) is 9.54. The van der Waals surface area contributed by atoms with Crippen molar-refractivity contribution in [1.82, 2.24) is 5.32 Å². The van der Waals surface area contributed by atoms with Gasteiger partial charge in [0, 0.05) is 24.1 Å². The second-order valence-electron chi connectivity index (χ2n) is 5.23. The molecular formula is C14H19F2NO3. The zero-order valence-corrected chi connectivity index (χ0v) is 11.6. The largest absolute Gasteiger partial charge is 0.493 e. The topological polar surface area (TPSA) is 39.7 Å². The maximum Gasteiger partial charge on any atom is 0.387 e. The van der Waals surface area contributed by atoms with Gasteiger partial charge in [0.25, 0.3) is 0 Å². The van der Waals surface area contributed by atoms with Gasteiger partial charge in [-0.25, -0.2) is 0 Å². The lowest BCUT2D eigenvalue weighted by atomic mass is 9.89. The van der Waals surface area contributed by atoms with Gasteiger partial charge in [-0.2, -0.15) is 8.78 Å². The van der Waals surface area contributed by atoms with E-state index in [-0.39, 0.29) is 11.2 Å². The summed E-state index contributed by atoms with van der Waals surface area (Å²) in [4.78, 5) is 0. The van der Waals surface area contributed by atoms with Crippen molar-refractivity contribution >= 4 is 0 Å². The van der Waals surface area contributed by atoms with Gasteiger partial charge in [0.2, 0.25) is 0 Å². The zero-order chi connectivity index (χ0) is 14.6. The quantitative estimate of drug-likeness (QED) is 0.836. The van der Waals surface area contributed by atoms with E-state index in [2.05, 4.69) is 17.0 Å². The summed E-state index contributed by atoms with van der Waals surface area (Å²) in [6, 6.07) is 5.09. The van der Waals surface area contributed by atoms with Crippen LogP contribution < -0.4 is 14.8 Å². The highest BCUT2D eigenvalue weighted by atomic mass is 19.3. The van der Waals surface area contributed by atoms with Crippen molar-refractivity contribution in [3.05, 3.63) is 23.8 Å². The molecule has 2 rings (SSSR count). The molecule has 0 atom stereocenters. The molecule has 0 radical (unpaired) electrons. The molecule has 0 saturated carbocycles. The van der Waals surface area contributed by atoms with Crippen LogP contribution in [0.5, 0.6) is 11.5 Å². The molecule has 1 saturated heterocycles. The molecule has 1 fully saturated rings. The number of alkyl halides is 2. The number of hydrogen-bond donors (Lipinski definition) is 1. The van der Waals surface area contributed by atoms with Crippen LogP contribution in [0.1, 0.15) is 12.5 Å². The molecule has 0 bridgehead atoms. The average Bonchev–Trinajstić information content (AvgIpc) is 2.38. The number of para-hydroxylation sites is 1. The van der Waals surface area contributed by atoms with E-state index in [9.17, 15) is 8.78 Å². The lowest BCUT2D eigenvalue weighted by molar-refractivity contribution is -0.0992. The molecule has 20 heavy (non-hydrogen) atoms. The van der Waals surface area contributed by atoms with Gasteiger partial charge in [-0.15, -0.1) is 0 Å². The van der Waals surface area contributed by atoms with Crippen LogP contribution in [0.15, 0.2) is 18.2 Å². The molecule has 0 aliphatic carbocycles. The fraction of sp³-hybridized carbons (Fsp3) is 0.571. The Hall–Kier alpha value is -1.40. The third-order valence-electron chi connectivity index (χ3n) is 3.26. The molecule has 1 aromatic rings. The number of hydrogen-bond acceptors (Lipinski definition) is 4. The SMILES string of the molecule is COc1cccc(CNCC2(C)COC2)c1OC(F)F. The standard InChI is InChI=1S/C14H19F2NO3/c1-14(8-19-9-14)7-17-6-10-4-3-5-11(18-2)12(10)20-13(15)16/h3-5,13,17H,6-9H2,1-2H3. The minimum atomic E-state index is -2.87. The molecule has 0 unspecified atom stereocenters. The summed E-state index contributed by atoms with van der Waals surface area (Å²) in [6.45, 7) is 1.89. The lowest BCUT2D eigenvalue weighted by Gasteiger charge is -2.38. The van der Waals surface area contributed by atoms with Crippen LogP contribution in [0.25, 0.3) is 0 Å². The van der Waals surface area contributed by atoms with E-state index in [4.69, 9.17) is 9.47 Å². The number of methoxy groups -OCH3 is 1. The Labute approximate surface area is 117 Å². The van der Waals surface area contributed by atoms with Crippen molar-refractivity contribution in [2.24, 2.45) is 5.41 Å². The summed E-state index contributed by atoms with van der Waals surface area (Å²) < 4.78 is 39.8. The fourth-order valence-electron chi connectivity index (χ4n) is 2.14. The monoisotopic (exact) mass is 287 g/mol. The Kier molecular flexibility index (Phi) is 4.77. The number of ether oxygens (including phenoxy) is 3. The second kappa shape index (κ2) is 6.37. The van der Waals surface area contributed by atoms with Gasteiger partial charge in [-0.1, -0.05) is 19.1 Å². The molecule has 0 aromatic heterocycles. The van der Waals surface area contributed by atoms with Gasteiger partial charge in [-0.3, -0.25) is 0 Å². The fourth-order valence-corrected chi connectivity index (χ4v) is 2.14. The zero-order valence-electron chi connectivity index (χ0n) is 11.6. The van der Waals surface area contributed by atoms with Crippen LogP contribution in [0.2, 0.25) is 0 Å². The van der Waals surface area contributed by atoms with Crippen molar-refractivity contribution in [3.63, 3.8) is 0 Å². The van der Waals surface area contributed by atoms with Gasteiger partial charge in [0.05, 0.1) is 20.3 Å². The minimum absolute atomic E-state index is 0.0903. The Morgan fingerprint density at radius 1 is 1.40 bits per heavy atom. The maximum atomic E-state index is 12.5. The molecule has 0 spiro atoms. The molecule has 0 amide bonds. The first kappa shape index (κ1) is 15.0. The van der Waals surface area contributed by atoms with Crippen molar-refractivity contribution < 1.29 is 23.0 Å². The van der Waals surface area contributed by atoms with Gasteiger partial charge in [0.1, 0.15) is 0 Å². The van der Waals surface area contributed by atoms with Gasteiger partial charge in [-0.05, 0) is 6.07 Å². The van der Waals surface area contributed by atoms with E-state index in [1.807, 2.05) is 0 Å². The average molecular weight is 287 g/mol. The van der Waals surface area contributed by atoms with E-state index in [1.54, 1.807) is 18.2 Å². The summed E-state index contributed by atoms with van der Waals surface area (Å²) in [5, 5.41) is 3.25. The van der Waals surface area contributed by atoms with Crippen LogP contribution in [0.3, 0.4) is 0 Å². The number of nitrogens with one attached hydrogen (secondary N) is 1. The van der Waals surface area contributed by atoms with E-state index < -0.39 is 6.61 Å². The lowest BCUT2D eigenvalue weighted by Crippen LogP contribution is -2.47. The molecular weight excluding hydrogens is 268 g/mol. The molecule has 1 aliphatic heterocycles. The number of benzene rings is 1. The minimum Gasteiger partial charge on any atom is -0.493 e. The van der Waals surface area contributed by atoms with Gasteiger partial charge >= 0.3 is 6.61 Å². The summed E-state index contributed by atoms with van der Waals surface area (Å²) in [6.07, 6.45) is 0. The molecule has 1 N–H and O–H groups in total. The second-order valence-corrected chi connectivity index (χ2v) is 5.23. The predicted octanol–water partition coefficient (Wildman–Crippen LogP) is 2.42. The third-order valence-corrected chi connectivity index (χ3v) is 3.26. The smallest absolute Gasteiger partial charge is 0.387 e. The molecule has 112 valence electrons. The van der Waals surface area contributed by atoms with E-state index >= 15 is 0 Å². The van der Waals surface area contributed by atoms with Crippen LogP contribution in [0, 0.1) is 5.41 Å².